The molecule has 92 valence electrons. The van der Waals surface area contributed by atoms with Gasteiger partial charge in [0.2, 0.25) is 15.7 Å². The summed E-state index contributed by atoms with van der Waals surface area (Å²) in [6, 6.07) is -0.441. The summed E-state index contributed by atoms with van der Waals surface area (Å²) in [6.45, 7) is 6.90. The van der Waals surface area contributed by atoms with E-state index in [0.717, 1.165) is 0 Å². The Kier molecular flexibility index (Phi) is 3.69. The van der Waals surface area contributed by atoms with Gasteiger partial charge in [0.1, 0.15) is 0 Å². The first-order valence-electron chi connectivity index (χ1n) is 5.09. The molecule has 0 amide bonds. The number of hydrogen-bond donors (Lipinski definition) is 1. The smallest absolute Gasteiger partial charge is 0.335 e. The van der Waals surface area contributed by atoms with Gasteiger partial charge in [-0.2, -0.15) is 0 Å². The minimum atomic E-state index is -3.51. The Morgan fingerprint density at radius 3 is 2.19 bits per heavy atom. The van der Waals surface area contributed by atoms with Crippen LogP contribution in [-0.4, -0.2) is 23.9 Å². The third-order valence-electron chi connectivity index (χ3n) is 2.29. The molecule has 7 heteroatoms. The number of hydrogen-bond acceptors (Lipinski definition) is 6. The molecule has 0 fully saturated rings. The lowest BCUT2D eigenvalue weighted by Crippen LogP contribution is -2.17. The fourth-order valence-corrected chi connectivity index (χ4v) is 1.72. The van der Waals surface area contributed by atoms with Crippen molar-refractivity contribution in [1.29, 1.82) is 0 Å². The average molecular weight is 247 g/mol. The number of aromatic nitrogens is 2. The second-order valence-electron chi connectivity index (χ2n) is 4.27. The maximum absolute atomic E-state index is 11.7. The van der Waals surface area contributed by atoms with Crippen LogP contribution in [0.15, 0.2) is 9.64 Å². The Hall–Kier alpha value is -0.950. The van der Waals surface area contributed by atoms with Crippen molar-refractivity contribution < 1.29 is 12.8 Å². The molecule has 0 aromatic carbocycles. The van der Waals surface area contributed by atoms with Crippen molar-refractivity contribution in [2.24, 2.45) is 11.7 Å². The second-order valence-corrected chi connectivity index (χ2v) is 6.65. The molecule has 0 aliphatic rings. The number of nitrogens with zero attached hydrogens (tertiary/aromatic N) is 2. The van der Waals surface area contributed by atoms with Crippen LogP contribution in [-0.2, 0) is 9.84 Å². The van der Waals surface area contributed by atoms with Gasteiger partial charge in [0.25, 0.3) is 0 Å². The first-order chi connectivity index (χ1) is 7.26. The molecule has 0 aliphatic carbocycles. The lowest BCUT2D eigenvalue weighted by molar-refractivity contribution is 0.341. The van der Waals surface area contributed by atoms with Gasteiger partial charge in [-0.25, -0.2) is 8.42 Å². The Morgan fingerprint density at radius 2 is 1.75 bits per heavy atom. The average Bonchev–Trinajstić information content (AvgIpc) is 2.65. The first kappa shape index (κ1) is 13.1. The standard InChI is InChI=1S/C9H17N3O3S/c1-5(2)7(10)8-11-12-9(15-8)16(13,14)6(3)4/h5-7H,10H2,1-4H3. The lowest BCUT2D eigenvalue weighted by atomic mass is 10.1. The summed E-state index contributed by atoms with van der Waals surface area (Å²) >= 11 is 0. The van der Waals surface area contributed by atoms with Crippen LogP contribution in [0.1, 0.15) is 39.6 Å². The Bertz CT molecular complexity index is 450. The van der Waals surface area contributed by atoms with Crippen LogP contribution in [0.5, 0.6) is 0 Å². The SMILES string of the molecule is CC(C)C(N)c1nnc(S(=O)(=O)C(C)C)o1. The molecule has 1 heterocycles. The van der Waals surface area contributed by atoms with Gasteiger partial charge < -0.3 is 10.2 Å². The lowest BCUT2D eigenvalue weighted by Gasteiger charge is -2.09. The molecule has 1 aromatic rings. The summed E-state index contributed by atoms with van der Waals surface area (Å²) in [7, 11) is -3.51. The zero-order valence-corrected chi connectivity index (χ0v) is 10.7. The van der Waals surface area contributed by atoms with Crippen molar-refractivity contribution in [3.63, 3.8) is 0 Å². The Balaban J connectivity index is 3.05. The molecule has 2 N–H and O–H groups in total. The number of rotatable bonds is 4. The molecule has 1 aromatic heterocycles. The van der Waals surface area contributed by atoms with Crippen molar-refractivity contribution >= 4 is 9.84 Å². The molecule has 0 saturated carbocycles. The maximum Gasteiger partial charge on any atom is 0.335 e. The number of sulfone groups is 1. The van der Waals surface area contributed by atoms with Crippen LogP contribution < -0.4 is 5.73 Å². The van der Waals surface area contributed by atoms with Gasteiger partial charge >= 0.3 is 5.22 Å². The van der Waals surface area contributed by atoms with E-state index in [1.165, 1.54) is 0 Å². The van der Waals surface area contributed by atoms with Crippen molar-refractivity contribution in [2.45, 2.75) is 44.2 Å². The van der Waals surface area contributed by atoms with E-state index in [4.69, 9.17) is 10.2 Å². The topological polar surface area (TPSA) is 99.1 Å². The van der Waals surface area contributed by atoms with Gasteiger partial charge in [-0.1, -0.05) is 18.9 Å². The van der Waals surface area contributed by atoms with Gasteiger partial charge in [0.15, 0.2) is 0 Å². The van der Waals surface area contributed by atoms with Crippen LogP contribution in [0.3, 0.4) is 0 Å². The molecule has 0 aliphatic heterocycles. The van der Waals surface area contributed by atoms with E-state index in [2.05, 4.69) is 10.2 Å². The fraction of sp³-hybridized carbons (Fsp3) is 0.778. The van der Waals surface area contributed by atoms with Gasteiger partial charge in [0.05, 0.1) is 11.3 Å². The molecule has 1 unspecified atom stereocenters. The monoisotopic (exact) mass is 247 g/mol. The molecule has 16 heavy (non-hydrogen) atoms. The summed E-state index contributed by atoms with van der Waals surface area (Å²) in [5.41, 5.74) is 5.78. The van der Waals surface area contributed by atoms with Crippen LogP contribution in [0.4, 0.5) is 0 Å². The number of nitrogens with two attached hydrogens (primary N) is 1. The zero-order valence-electron chi connectivity index (χ0n) is 9.84. The van der Waals surface area contributed by atoms with E-state index in [9.17, 15) is 8.42 Å². The maximum atomic E-state index is 11.7. The second kappa shape index (κ2) is 4.50. The third kappa shape index (κ3) is 2.41. The minimum absolute atomic E-state index is 0.107. The molecule has 0 radical (unpaired) electrons. The minimum Gasteiger partial charge on any atom is -0.411 e. The Morgan fingerprint density at radius 1 is 1.19 bits per heavy atom. The van der Waals surface area contributed by atoms with Crippen molar-refractivity contribution in [3.05, 3.63) is 5.89 Å². The first-order valence-corrected chi connectivity index (χ1v) is 6.64. The highest BCUT2D eigenvalue weighted by atomic mass is 32.2. The third-order valence-corrected chi connectivity index (χ3v) is 4.18. The fourth-order valence-electron chi connectivity index (χ4n) is 0.957. The van der Waals surface area contributed by atoms with Crippen LogP contribution in [0.2, 0.25) is 0 Å². The predicted molar refractivity (Wildman–Crippen MR) is 58.4 cm³/mol. The highest BCUT2D eigenvalue weighted by Gasteiger charge is 2.28. The highest BCUT2D eigenvalue weighted by molar-refractivity contribution is 7.91. The summed E-state index contributed by atoms with van der Waals surface area (Å²) in [5.74, 6) is 0.268. The molecule has 0 spiro atoms. The molecule has 0 bridgehead atoms. The van der Waals surface area contributed by atoms with E-state index in [1.807, 2.05) is 13.8 Å². The predicted octanol–water partition coefficient (Wildman–Crippen LogP) is 0.908. The van der Waals surface area contributed by atoms with E-state index in [1.54, 1.807) is 13.8 Å². The van der Waals surface area contributed by atoms with E-state index < -0.39 is 21.1 Å². The van der Waals surface area contributed by atoms with Crippen molar-refractivity contribution in [2.75, 3.05) is 0 Å². The molecule has 6 nitrogen and oxygen atoms in total. The zero-order chi connectivity index (χ0) is 12.5. The summed E-state index contributed by atoms with van der Waals surface area (Å²) in [5, 5.41) is 6.25. The molecule has 0 saturated heterocycles. The molecule has 1 rings (SSSR count). The normalized spacial score (nSPS) is 14.7. The summed E-state index contributed by atoms with van der Waals surface area (Å²) in [6.07, 6.45) is 0. The van der Waals surface area contributed by atoms with E-state index in [-0.39, 0.29) is 17.0 Å². The van der Waals surface area contributed by atoms with Gasteiger partial charge in [0, 0.05) is 0 Å². The van der Waals surface area contributed by atoms with Crippen molar-refractivity contribution in [1.82, 2.24) is 10.2 Å². The highest BCUT2D eigenvalue weighted by Crippen LogP contribution is 2.20. The summed E-state index contributed by atoms with van der Waals surface area (Å²) < 4.78 is 28.5. The van der Waals surface area contributed by atoms with Crippen LogP contribution >= 0.6 is 0 Å². The quantitative estimate of drug-likeness (QED) is 0.848. The summed E-state index contributed by atoms with van der Waals surface area (Å²) in [4.78, 5) is 0. The Labute approximate surface area is 95.2 Å². The van der Waals surface area contributed by atoms with Crippen molar-refractivity contribution in [3.8, 4) is 0 Å². The van der Waals surface area contributed by atoms with Crippen LogP contribution in [0.25, 0.3) is 0 Å². The molecular formula is C9H17N3O3S. The largest absolute Gasteiger partial charge is 0.411 e. The van der Waals surface area contributed by atoms with Gasteiger partial charge in [-0.05, 0) is 19.8 Å². The van der Waals surface area contributed by atoms with E-state index in [0.29, 0.717) is 0 Å². The molecule has 1 atom stereocenters. The van der Waals surface area contributed by atoms with Gasteiger partial charge in [-0.3, -0.25) is 0 Å². The van der Waals surface area contributed by atoms with Crippen LogP contribution in [0, 0.1) is 5.92 Å². The van der Waals surface area contributed by atoms with E-state index >= 15 is 0 Å². The molecular weight excluding hydrogens is 230 g/mol. The van der Waals surface area contributed by atoms with Gasteiger partial charge in [-0.15, -0.1) is 5.10 Å².